The molecular formula is C13H13NO2. The average molecular weight is 215 g/mol. The molecule has 1 heterocycles. The molecule has 1 aromatic carbocycles. The Morgan fingerprint density at radius 3 is 2.50 bits per heavy atom. The molecule has 16 heavy (non-hydrogen) atoms. The lowest BCUT2D eigenvalue weighted by atomic mass is 10.1. The zero-order valence-electron chi connectivity index (χ0n) is 8.93. The van der Waals surface area contributed by atoms with Gasteiger partial charge in [0.1, 0.15) is 12.5 Å². The van der Waals surface area contributed by atoms with Crippen LogP contribution in [-0.4, -0.2) is 11.3 Å². The summed E-state index contributed by atoms with van der Waals surface area (Å²) in [6.07, 6.45) is 6.36. The second kappa shape index (κ2) is 5.26. The monoisotopic (exact) mass is 215 g/mol. The maximum Gasteiger partial charge on any atom is 0.194 e. The number of carbonyl (C=O) groups excluding carboxylic acids is 1. The van der Waals surface area contributed by atoms with E-state index in [0.29, 0.717) is 6.42 Å². The molecule has 0 aliphatic heterocycles. The van der Waals surface area contributed by atoms with E-state index in [1.807, 2.05) is 24.3 Å². The van der Waals surface area contributed by atoms with Crippen LogP contribution in [0.1, 0.15) is 17.0 Å². The molecule has 0 saturated carbocycles. The van der Waals surface area contributed by atoms with E-state index in [0.717, 1.165) is 30.6 Å². The van der Waals surface area contributed by atoms with Gasteiger partial charge in [-0.3, -0.25) is 0 Å². The molecule has 0 fully saturated rings. The summed E-state index contributed by atoms with van der Waals surface area (Å²) < 4.78 is 5.16. The highest BCUT2D eigenvalue weighted by Gasteiger charge is 1.99. The van der Waals surface area contributed by atoms with Crippen LogP contribution < -0.4 is 0 Å². The molecule has 0 aliphatic carbocycles. The van der Waals surface area contributed by atoms with Gasteiger partial charge in [-0.05, 0) is 17.5 Å². The fourth-order valence-electron chi connectivity index (χ4n) is 1.57. The highest BCUT2D eigenvalue weighted by atomic mass is 16.3. The summed E-state index contributed by atoms with van der Waals surface area (Å²) in [5, 5.41) is 0. The molecule has 0 spiro atoms. The zero-order valence-corrected chi connectivity index (χ0v) is 8.93. The Balaban J connectivity index is 1.92. The molecule has 1 aromatic heterocycles. The Labute approximate surface area is 94.1 Å². The minimum atomic E-state index is 0.486. The van der Waals surface area contributed by atoms with Gasteiger partial charge >= 0.3 is 0 Å². The lowest BCUT2D eigenvalue weighted by Crippen LogP contribution is -1.92. The van der Waals surface area contributed by atoms with Crippen LogP contribution in [-0.2, 0) is 24.1 Å². The molecule has 0 radical (unpaired) electrons. The highest BCUT2D eigenvalue weighted by Crippen LogP contribution is 2.08. The van der Waals surface area contributed by atoms with Crippen LogP contribution in [0.3, 0.4) is 0 Å². The van der Waals surface area contributed by atoms with Crippen LogP contribution >= 0.6 is 0 Å². The summed E-state index contributed by atoms with van der Waals surface area (Å²) in [7, 11) is 0. The molecule has 0 amide bonds. The molecule has 2 rings (SSSR count). The number of hydrogen-bond acceptors (Lipinski definition) is 3. The van der Waals surface area contributed by atoms with E-state index >= 15 is 0 Å². The number of aldehydes is 1. The van der Waals surface area contributed by atoms with Gasteiger partial charge in [0.15, 0.2) is 5.89 Å². The molecule has 2 aromatic rings. The van der Waals surface area contributed by atoms with Crippen LogP contribution in [0.4, 0.5) is 0 Å². The van der Waals surface area contributed by atoms with Gasteiger partial charge in [-0.15, -0.1) is 0 Å². The highest BCUT2D eigenvalue weighted by molar-refractivity contribution is 5.54. The second-order valence-electron chi connectivity index (χ2n) is 3.61. The van der Waals surface area contributed by atoms with Gasteiger partial charge in [-0.25, -0.2) is 4.98 Å². The smallest absolute Gasteiger partial charge is 0.194 e. The van der Waals surface area contributed by atoms with Crippen molar-refractivity contribution in [3.8, 4) is 0 Å². The van der Waals surface area contributed by atoms with Gasteiger partial charge in [0.25, 0.3) is 0 Å². The largest absolute Gasteiger partial charge is 0.449 e. The lowest BCUT2D eigenvalue weighted by Gasteiger charge is -2.00. The van der Waals surface area contributed by atoms with Crippen molar-refractivity contribution in [2.45, 2.75) is 19.3 Å². The molecule has 3 heteroatoms. The van der Waals surface area contributed by atoms with Crippen molar-refractivity contribution in [2.75, 3.05) is 0 Å². The maximum atomic E-state index is 10.3. The Morgan fingerprint density at radius 1 is 1.12 bits per heavy atom. The maximum absolute atomic E-state index is 10.3. The Morgan fingerprint density at radius 2 is 1.88 bits per heavy atom. The zero-order chi connectivity index (χ0) is 11.2. The van der Waals surface area contributed by atoms with Crippen LogP contribution in [0.25, 0.3) is 0 Å². The number of oxazole rings is 1. The Kier molecular flexibility index (Phi) is 3.49. The number of rotatable bonds is 5. The SMILES string of the molecule is O=CCc1ccc(CCc2ncco2)cc1. The molecule has 0 saturated heterocycles. The van der Waals surface area contributed by atoms with Gasteiger partial charge < -0.3 is 9.21 Å². The van der Waals surface area contributed by atoms with Crippen molar-refractivity contribution >= 4 is 6.29 Å². The summed E-state index contributed by atoms with van der Waals surface area (Å²) in [6.45, 7) is 0. The summed E-state index contributed by atoms with van der Waals surface area (Å²) in [5.41, 5.74) is 2.28. The third-order valence-electron chi connectivity index (χ3n) is 2.45. The molecule has 0 bridgehead atoms. The van der Waals surface area contributed by atoms with Crippen molar-refractivity contribution < 1.29 is 9.21 Å². The van der Waals surface area contributed by atoms with E-state index in [1.165, 1.54) is 5.56 Å². The molecule has 82 valence electrons. The van der Waals surface area contributed by atoms with Crippen molar-refractivity contribution in [3.05, 3.63) is 53.7 Å². The molecule has 0 N–H and O–H groups in total. The third kappa shape index (κ3) is 2.79. The minimum Gasteiger partial charge on any atom is -0.449 e. The first-order valence-electron chi connectivity index (χ1n) is 5.28. The van der Waals surface area contributed by atoms with E-state index in [1.54, 1.807) is 12.5 Å². The van der Waals surface area contributed by atoms with Gasteiger partial charge in [-0.1, -0.05) is 24.3 Å². The first-order valence-corrected chi connectivity index (χ1v) is 5.28. The van der Waals surface area contributed by atoms with Gasteiger partial charge in [0, 0.05) is 12.8 Å². The quantitative estimate of drug-likeness (QED) is 0.718. The minimum absolute atomic E-state index is 0.486. The van der Waals surface area contributed by atoms with Crippen LogP contribution in [0.5, 0.6) is 0 Å². The Bertz CT molecular complexity index is 431. The van der Waals surface area contributed by atoms with Crippen LogP contribution in [0.15, 0.2) is 41.1 Å². The standard InChI is InChI=1S/C13H13NO2/c15-9-7-12-3-1-11(2-4-12)5-6-13-14-8-10-16-13/h1-4,8-10H,5-7H2. The normalized spacial score (nSPS) is 10.2. The molecule has 0 atom stereocenters. The number of hydrogen-bond donors (Lipinski definition) is 0. The van der Waals surface area contributed by atoms with Crippen LogP contribution in [0.2, 0.25) is 0 Å². The number of benzene rings is 1. The molecule has 0 unspecified atom stereocenters. The van der Waals surface area contributed by atoms with Gasteiger partial charge in [0.05, 0.1) is 6.20 Å². The summed E-state index contributed by atoms with van der Waals surface area (Å²) in [6, 6.07) is 8.06. The van der Waals surface area contributed by atoms with Crippen molar-refractivity contribution in [1.29, 1.82) is 0 Å². The predicted molar refractivity (Wildman–Crippen MR) is 60.1 cm³/mol. The third-order valence-corrected chi connectivity index (χ3v) is 2.45. The fourth-order valence-corrected chi connectivity index (χ4v) is 1.57. The fraction of sp³-hybridized carbons (Fsp3) is 0.231. The predicted octanol–water partition coefficient (Wildman–Crippen LogP) is 2.20. The molecule has 3 nitrogen and oxygen atoms in total. The molecule has 0 aliphatic rings. The van der Waals surface area contributed by atoms with E-state index in [4.69, 9.17) is 4.42 Å². The number of carbonyl (C=O) groups is 1. The van der Waals surface area contributed by atoms with E-state index in [-0.39, 0.29) is 0 Å². The lowest BCUT2D eigenvalue weighted by molar-refractivity contribution is -0.107. The van der Waals surface area contributed by atoms with Gasteiger partial charge in [0.2, 0.25) is 0 Å². The first kappa shape index (κ1) is 10.6. The average Bonchev–Trinajstić information content (AvgIpc) is 2.82. The van der Waals surface area contributed by atoms with E-state index in [9.17, 15) is 4.79 Å². The number of aryl methyl sites for hydroxylation is 2. The van der Waals surface area contributed by atoms with Crippen molar-refractivity contribution in [1.82, 2.24) is 4.98 Å². The summed E-state index contributed by atoms with van der Waals surface area (Å²) >= 11 is 0. The summed E-state index contributed by atoms with van der Waals surface area (Å²) in [4.78, 5) is 14.4. The van der Waals surface area contributed by atoms with Crippen LogP contribution in [0, 0.1) is 0 Å². The first-order chi connectivity index (χ1) is 7.88. The van der Waals surface area contributed by atoms with Crippen molar-refractivity contribution in [3.63, 3.8) is 0 Å². The van der Waals surface area contributed by atoms with Crippen molar-refractivity contribution in [2.24, 2.45) is 0 Å². The topological polar surface area (TPSA) is 43.1 Å². The number of nitrogens with zero attached hydrogens (tertiary/aromatic N) is 1. The van der Waals surface area contributed by atoms with E-state index < -0.39 is 0 Å². The number of aromatic nitrogens is 1. The molecular weight excluding hydrogens is 202 g/mol. The van der Waals surface area contributed by atoms with E-state index in [2.05, 4.69) is 4.98 Å². The second-order valence-corrected chi connectivity index (χ2v) is 3.61. The Hall–Kier alpha value is -1.90. The summed E-state index contributed by atoms with van der Waals surface area (Å²) in [5.74, 6) is 0.761. The van der Waals surface area contributed by atoms with Gasteiger partial charge in [-0.2, -0.15) is 0 Å².